The Morgan fingerprint density at radius 3 is 2.45 bits per heavy atom. The molecule has 0 saturated heterocycles. The highest BCUT2D eigenvalue weighted by molar-refractivity contribution is 5.70. The Balaban J connectivity index is 3.52. The van der Waals surface area contributed by atoms with Crippen molar-refractivity contribution in [3.05, 3.63) is 0 Å². The topological polar surface area (TPSA) is 46.5 Å². The Hall–Kier alpha value is -0.570. The lowest BCUT2D eigenvalue weighted by Gasteiger charge is -2.11. The molecule has 0 aromatic carbocycles. The van der Waals surface area contributed by atoms with Gasteiger partial charge in [0.15, 0.2) is 0 Å². The van der Waals surface area contributed by atoms with Crippen LogP contribution in [0.3, 0.4) is 0 Å². The molecular weight excluding hydrogens is 144 g/mol. The van der Waals surface area contributed by atoms with E-state index in [1.807, 2.05) is 13.8 Å². The normalized spacial score (nSPS) is 15.6. The summed E-state index contributed by atoms with van der Waals surface area (Å²) in [4.78, 5) is 10.8. The van der Waals surface area contributed by atoms with Gasteiger partial charge >= 0.3 is 5.97 Å². The predicted octanol–water partition coefficient (Wildman–Crippen LogP) is 1.10. The van der Waals surface area contributed by atoms with Crippen molar-refractivity contribution < 1.29 is 14.6 Å². The minimum absolute atomic E-state index is 0.0405. The van der Waals surface area contributed by atoms with Gasteiger partial charge in [0.2, 0.25) is 0 Å². The third-order valence-corrected chi connectivity index (χ3v) is 1.37. The molecule has 0 aromatic rings. The molecular formula is C8H16O3. The van der Waals surface area contributed by atoms with Crippen LogP contribution in [0, 0.1) is 0 Å². The third-order valence-electron chi connectivity index (χ3n) is 1.37. The van der Waals surface area contributed by atoms with Gasteiger partial charge in [-0.05, 0) is 20.3 Å². The van der Waals surface area contributed by atoms with Crippen molar-refractivity contribution in [3.8, 4) is 0 Å². The van der Waals surface area contributed by atoms with Crippen LogP contribution in [-0.4, -0.2) is 23.3 Å². The highest BCUT2D eigenvalue weighted by Gasteiger charge is 2.09. The molecule has 0 heterocycles. The van der Waals surface area contributed by atoms with E-state index in [1.54, 1.807) is 6.92 Å². The summed E-state index contributed by atoms with van der Waals surface area (Å²) in [6.07, 6.45) is 0.253. The van der Waals surface area contributed by atoms with E-state index in [9.17, 15) is 4.79 Å². The van der Waals surface area contributed by atoms with Gasteiger partial charge in [-0.1, -0.05) is 6.92 Å². The second kappa shape index (κ2) is 5.13. The van der Waals surface area contributed by atoms with Crippen LogP contribution in [0.1, 0.15) is 33.6 Å². The quantitative estimate of drug-likeness (QED) is 0.626. The predicted molar refractivity (Wildman–Crippen MR) is 42.1 cm³/mol. The smallest absolute Gasteiger partial charge is 0.308 e. The standard InChI is InChI=1S/C8H16O3/c1-4-7(3)11-8(10)5-6(2)9/h6-7,9H,4-5H2,1-3H3/t6-,7+/m0/s1. The summed E-state index contributed by atoms with van der Waals surface area (Å²) in [5, 5.41) is 8.81. The summed E-state index contributed by atoms with van der Waals surface area (Å²) in [7, 11) is 0. The van der Waals surface area contributed by atoms with E-state index in [0.29, 0.717) is 0 Å². The summed E-state index contributed by atoms with van der Waals surface area (Å²) >= 11 is 0. The van der Waals surface area contributed by atoms with E-state index in [1.165, 1.54) is 0 Å². The van der Waals surface area contributed by atoms with Gasteiger partial charge in [-0.3, -0.25) is 4.79 Å². The summed E-state index contributed by atoms with van der Waals surface area (Å²) in [6, 6.07) is 0. The van der Waals surface area contributed by atoms with Crippen molar-refractivity contribution in [2.24, 2.45) is 0 Å². The number of aliphatic hydroxyl groups is 1. The van der Waals surface area contributed by atoms with Crippen LogP contribution in [-0.2, 0) is 9.53 Å². The fraction of sp³-hybridized carbons (Fsp3) is 0.875. The summed E-state index contributed by atoms with van der Waals surface area (Å²) in [5.41, 5.74) is 0. The van der Waals surface area contributed by atoms with E-state index in [4.69, 9.17) is 9.84 Å². The van der Waals surface area contributed by atoms with Crippen molar-refractivity contribution in [2.75, 3.05) is 0 Å². The minimum Gasteiger partial charge on any atom is -0.463 e. The van der Waals surface area contributed by atoms with E-state index in [2.05, 4.69) is 0 Å². The van der Waals surface area contributed by atoms with Crippen LogP contribution in [0.4, 0.5) is 0 Å². The fourth-order valence-electron chi connectivity index (χ4n) is 0.597. The molecule has 0 aliphatic rings. The van der Waals surface area contributed by atoms with E-state index >= 15 is 0 Å². The molecule has 0 unspecified atom stereocenters. The van der Waals surface area contributed by atoms with Crippen LogP contribution in [0.25, 0.3) is 0 Å². The molecule has 1 N–H and O–H groups in total. The summed E-state index contributed by atoms with van der Waals surface area (Å²) < 4.78 is 4.91. The number of carbonyl (C=O) groups excluding carboxylic acids is 1. The van der Waals surface area contributed by atoms with Crippen LogP contribution >= 0.6 is 0 Å². The maximum atomic E-state index is 10.8. The Morgan fingerprint density at radius 2 is 2.09 bits per heavy atom. The highest BCUT2D eigenvalue weighted by atomic mass is 16.5. The molecule has 0 spiro atoms. The molecule has 0 saturated carbocycles. The van der Waals surface area contributed by atoms with Crippen molar-refractivity contribution >= 4 is 5.97 Å². The monoisotopic (exact) mass is 160 g/mol. The maximum Gasteiger partial charge on any atom is 0.308 e. The van der Waals surface area contributed by atoms with E-state index < -0.39 is 6.10 Å². The molecule has 3 heteroatoms. The number of aliphatic hydroxyl groups excluding tert-OH is 1. The van der Waals surface area contributed by atoms with Crippen LogP contribution in [0.15, 0.2) is 0 Å². The van der Waals surface area contributed by atoms with Gasteiger partial charge in [-0.25, -0.2) is 0 Å². The third kappa shape index (κ3) is 5.85. The SMILES string of the molecule is CC[C@@H](C)OC(=O)C[C@H](C)O. The molecule has 0 bridgehead atoms. The molecule has 66 valence electrons. The first-order valence-corrected chi connectivity index (χ1v) is 3.93. The lowest BCUT2D eigenvalue weighted by Crippen LogP contribution is -2.17. The summed E-state index contributed by atoms with van der Waals surface area (Å²) in [6.45, 7) is 5.35. The van der Waals surface area contributed by atoms with Gasteiger partial charge in [0.05, 0.1) is 18.6 Å². The van der Waals surface area contributed by atoms with Crippen LogP contribution in [0.5, 0.6) is 0 Å². The first-order chi connectivity index (χ1) is 5.06. The first kappa shape index (κ1) is 10.4. The Bertz CT molecular complexity index is 121. The fourth-order valence-corrected chi connectivity index (χ4v) is 0.597. The average Bonchev–Trinajstić information content (AvgIpc) is 1.85. The van der Waals surface area contributed by atoms with Gasteiger partial charge in [0.25, 0.3) is 0 Å². The number of esters is 1. The average molecular weight is 160 g/mol. The molecule has 0 amide bonds. The number of rotatable bonds is 4. The highest BCUT2D eigenvalue weighted by Crippen LogP contribution is 2.00. The lowest BCUT2D eigenvalue weighted by atomic mass is 10.3. The molecule has 0 radical (unpaired) electrons. The minimum atomic E-state index is -0.605. The summed E-state index contributed by atoms with van der Waals surface area (Å²) in [5.74, 6) is -0.325. The van der Waals surface area contributed by atoms with Crippen LogP contribution < -0.4 is 0 Å². The van der Waals surface area contributed by atoms with Gasteiger partial charge < -0.3 is 9.84 Å². The largest absolute Gasteiger partial charge is 0.463 e. The van der Waals surface area contributed by atoms with Gasteiger partial charge in [-0.2, -0.15) is 0 Å². The number of carbonyl (C=O) groups is 1. The molecule has 2 atom stereocenters. The van der Waals surface area contributed by atoms with Crippen molar-refractivity contribution in [1.82, 2.24) is 0 Å². The zero-order chi connectivity index (χ0) is 8.85. The molecule has 3 nitrogen and oxygen atoms in total. The molecule has 11 heavy (non-hydrogen) atoms. The molecule has 0 aromatic heterocycles. The Morgan fingerprint density at radius 1 is 1.55 bits per heavy atom. The maximum absolute atomic E-state index is 10.8. The number of hydrogen-bond acceptors (Lipinski definition) is 3. The Kier molecular flexibility index (Phi) is 4.86. The van der Waals surface area contributed by atoms with Crippen LogP contribution in [0.2, 0.25) is 0 Å². The second-order valence-corrected chi connectivity index (χ2v) is 2.76. The zero-order valence-electron chi connectivity index (χ0n) is 7.33. The van der Waals surface area contributed by atoms with Crippen molar-refractivity contribution in [2.45, 2.75) is 45.8 Å². The van der Waals surface area contributed by atoms with E-state index in [-0.39, 0.29) is 18.5 Å². The molecule has 0 aliphatic heterocycles. The number of ether oxygens (including phenoxy) is 1. The Labute approximate surface area is 67.4 Å². The molecule has 0 rings (SSSR count). The van der Waals surface area contributed by atoms with Gasteiger partial charge in [0.1, 0.15) is 0 Å². The lowest BCUT2D eigenvalue weighted by molar-refractivity contribution is -0.150. The van der Waals surface area contributed by atoms with E-state index in [0.717, 1.165) is 6.42 Å². The van der Waals surface area contributed by atoms with Crippen molar-refractivity contribution in [1.29, 1.82) is 0 Å². The first-order valence-electron chi connectivity index (χ1n) is 3.93. The second-order valence-electron chi connectivity index (χ2n) is 2.76. The molecule has 0 aliphatic carbocycles. The van der Waals surface area contributed by atoms with Gasteiger partial charge in [0, 0.05) is 0 Å². The van der Waals surface area contributed by atoms with Gasteiger partial charge in [-0.15, -0.1) is 0 Å². The van der Waals surface area contributed by atoms with Crippen molar-refractivity contribution in [3.63, 3.8) is 0 Å². The molecule has 0 fully saturated rings. The number of hydrogen-bond donors (Lipinski definition) is 1. The zero-order valence-corrected chi connectivity index (χ0v) is 7.33.